The molecule has 14 heavy (non-hydrogen) atoms. The van der Waals surface area contributed by atoms with E-state index in [9.17, 15) is 13.2 Å². The second-order valence-electron chi connectivity index (χ2n) is 2.45. The molecule has 0 unspecified atom stereocenters. The molecule has 0 radical (unpaired) electrons. The zero-order valence-electron chi connectivity index (χ0n) is 7.35. The summed E-state index contributed by atoms with van der Waals surface area (Å²) in [6.07, 6.45) is -4.64. The Kier molecular flexibility index (Phi) is 3.19. The molecule has 1 rings (SSSR count). The van der Waals surface area contributed by atoms with E-state index in [0.717, 1.165) is 0 Å². The first-order chi connectivity index (χ1) is 6.51. The van der Waals surface area contributed by atoms with Gasteiger partial charge in [-0.25, -0.2) is 5.43 Å². The Labute approximate surface area is 78.8 Å². The second kappa shape index (κ2) is 4.19. The van der Waals surface area contributed by atoms with Crippen molar-refractivity contribution >= 4 is 5.69 Å². The number of hydrogen-bond donors (Lipinski definition) is 2. The third-order valence-corrected chi connectivity index (χ3v) is 1.36. The van der Waals surface area contributed by atoms with Crippen LogP contribution in [0.5, 0.6) is 5.75 Å². The fourth-order valence-corrected chi connectivity index (χ4v) is 0.884. The summed E-state index contributed by atoms with van der Waals surface area (Å²) in [4.78, 5) is 0. The van der Waals surface area contributed by atoms with Crippen LogP contribution in [0, 0.1) is 0 Å². The van der Waals surface area contributed by atoms with Crippen LogP contribution in [-0.4, -0.2) is 13.4 Å². The van der Waals surface area contributed by atoms with Crippen molar-refractivity contribution in [2.24, 2.45) is 0 Å². The first-order valence-corrected chi connectivity index (χ1v) is 3.80. The van der Waals surface area contributed by atoms with E-state index in [0.29, 0.717) is 5.69 Å². The van der Waals surface area contributed by atoms with Crippen LogP contribution in [0.3, 0.4) is 0 Å². The van der Waals surface area contributed by atoms with Crippen LogP contribution in [-0.2, 0) is 0 Å². The van der Waals surface area contributed by atoms with Gasteiger partial charge in [0.05, 0.1) is 0 Å². The van der Waals surface area contributed by atoms with Crippen molar-refractivity contribution in [1.82, 2.24) is 5.43 Å². The molecule has 0 aliphatic rings. The molecular formula is C8H9F3N2O. The topological polar surface area (TPSA) is 33.3 Å². The lowest BCUT2D eigenvalue weighted by molar-refractivity contribution is -0.274. The summed E-state index contributed by atoms with van der Waals surface area (Å²) in [5.74, 6) is -0.237. The Morgan fingerprint density at radius 2 is 1.71 bits per heavy atom. The van der Waals surface area contributed by atoms with Gasteiger partial charge in [0.2, 0.25) is 0 Å². The average Bonchev–Trinajstić information content (AvgIpc) is 2.06. The number of hydrazine groups is 1. The van der Waals surface area contributed by atoms with Gasteiger partial charge in [0.25, 0.3) is 0 Å². The first kappa shape index (κ1) is 10.6. The summed E-state index contributed by atoms with van der Waals surface area (Å²) in [5, 5.41) is 0. The van der Waals surface area contributed by atoms with Gasteiger partial charge in [-0.15, -0.1) is 13.2 Å². The van der Waals surface area contributed by atoms with E-state index in [1.54, 1.807) is 7.05 Å². The van der Waals surface area contributed by atoms with Crippen LogP contribution in [0.4, 0.5) is 18.9 Å². The molecule has 2 N–H and O–H groups in total. The van der Waals surface area contributed by atoms with Crippen LogP contribution in [0.15, 0.2) is 24.3 Å². The Hall–Kier alpha value is -1.43. The van der Waals surface area contributed by atoms with Crippen molar-refractivity contribution in [3.63, 3.8) is 0 Å². The molecule has 6 heteroatoms. The van der Waals surface area contributed by atoms with E-state index < -0.39 is 6.36 Å². The number of nitrogens with one attached hydrogen (secondary N) is 2. The van der Waals surface area contributed by atoms with Crippen molar-refractivity contribution in [2.45, 2.75) is 6.36 Å². The van der Waals surface area contributed by atoms with Crippen molar-refractivity contribution < 1.29 is 17.9 Å². The number of halogens is 3. The maximum absolute atomic E-state index is 11.7. The summed E-state index contributed by atoms with van der Waals surface area (Å²) in [6, 6.07) is 5.40. The summed E-state index contributed by atoms with van der Waals surface area (Å²) in [6.45, 7) is 0. The number of benzene rings is 1. The zero-order valence-corrected chi connectivity index (χ0v) is 7.35. The highest BCUT2D eigenvalue weighted by Crippen LogP contribution is 2.23. The van der Waals surface area contributed by atoms with Crippen LogP contribution in [0.1, 0.15) is 0 Å². The maximum atomic E-state index is 11.7. The molecule has 0 aliphatic heterocycles. The van der Waals surface area contributed by atoms with Gasteiger partial charge in [-0.05, 0) is 24.3 Å². The van der Waals surface area contributed by atoms with Crippen LogP contribution in [0.25, 0.3) is 0 Å². The monoisotopic (exact) mass is 206 g/mol. The predicted octanol–water partition coefficient (Wildman–Crippen LogP) is 2.13. The van der Waals surface area contributed by atoms with E-state index in [2.05, 4.69) is 15.6 Å². The van der Waals surface area contributed by atoms with E-state index in [-0.39, 0.29) is 5.75 Å². The summed E-state index contributed by atoms with van der Waals surface area (Å²) in [5.41, 5.74) is 6.00. The molecule has 0 amide bonds. The molecule has 0 saturated heterocycles. The molecule has 0 atom stereocenters. The molecule has 0 bridgehead atoms. The molecule has 0 heterocycles. The SMILES string of the molecule is CNNc1ccc(OC(F)(F)F)cc1. The fourth-order valence-electron chi connectivity index (χ4n) is 0.884. The van der Waals surface area contributed by atoms with E-state index in [4.69, 9.17) is 0 Å². The smallest absolute Gasteiger partial charge is 0.406 e. The predicted molar refractivity (Wildman–Crippen MR) is 45.8 cm³/mol. The van der Waals surface area contributed by atoms with Crippen molar-refractivity contribution in [2.75, 3.05) is 12.5 Å². The highest BCUT2D eigenvalue weighted by atomic mass is 19.4. The van der Waals surface area contributed by atoms with Gasteiger partial charge in [0.15, 0.2) is 0 Å². The molecule has 0 aromatic heterocycles. The van der Waals surface area contributed by atoms with Crippen molar-refractivity contribution in [1.29, 1.82) is 0 Å². The Balaban J connectivity index is 2.64. The van der Waals surface area contributed by atoms with E-state index in [1.165, 1.54) is 24.3 Å². The molecule has 1 aromatic carbocycles. The van der Waals surface area contributed by atoms with E-state index in [1.807, 2.05) is 0 Å². The Morgan fingerprint density at radius 3 is 2.14 bits per heavy atom. The number of hydrogen-bond acceptors (Lipinski definition) is 3. The van der Waals surface area contributed by atoms with Crippen LogP contribution in [0.2, 0.25) is 0 Å². The number of alkyl halides is 3. The Bertz CT molecular complexity index is 284. The van der Waals surface area contributed by atoms with Crippen molar-refractivity contribution in [3.8, 4) is 5.75 Å². The third-order valence-electron chi connectivity index (χ3n) is 1.36. The molecule has 0 fully saturated rings. The molecule has 78 valence electrons. The first-order valence-electron chi connectivity index (χ1n) is 3.80. The lowest BCUT2D eigenvalue weighted by atomic mass is 10.3. The normalized spacial score (nSPS) is 11.1. The molecule has 0 spiro atoms. The van der Waals surface area contributed by atoms with Crippen LogP contribution < -0.4 is 15.6 Å². The quantitative estimate of drug-likeness (QED) is 0.743. The maximum Gasteiger partial charge on any atom is 0.573 e. The number of anilines is 1. The highest BCUT2D eigenvalue weighted by Gasteiger charge is 2.30. The highest BCUT2D eigenvalue weighted by molar-refractivity contribution is 5.45. The van der Waals surface area contributed by atoms with E-state index >= 15 is 0 Å². The third kappa shape index (κ3) is 3.53. The summed E-state index contributed by atoms with van der Waals surface area (Å²) < 4.78 is 38.9. The molecule has 0 aliphatic carbocycles. The van der Waals surface area contributed by atoms with Gasteiger partial charge in [0, 0.05) is 12.7 Å². The zero-order chi connectivity index (χ0) is 10.6. The summed E-state index contributed by atoms with van der Waals surface area (Å²) >= 11 is 0. The molecule has 3 nitrogen and oxygen atoms in total. The second-order valence-corrected chi connectivity index (χ2v) is 2.45. The minimum absolute atomic E-state index is 0.237. The molecule has 0 saturated carbocycles. The lowest BCUT2D eigenvalue weighted by Gasteiger charge is -2.09. The minimum atomic E-state index is -4.64. The van der Waals surface area contributed by atoms with Gasteiger partial charge in [-0.1, -0.05) is 0 Å². The fraction of sp³-hybridized carbons (Fsp3) is 0.250. The standard InChI is InChI=1S/C8H9F3N2O/c1-12-13-6-2-4-7(5-3-6)14-8(9,10)11/h2-5,12-13H,1H3. The van der Waals surface area contributed by atoms with Crippen molar-refractivity contribution in [3.05, 3.63) is 24.3 Å². The van der Waals surface area contributed by atoms with Gasteiger partial charge >= 0.3 is 6.36 Å². The van der Waals surface area contributed by atoms with Gasteiger partial charge in [-0.2, -0.15) is 0 Å². The van der Waals surface area contributed by atoms with Crippen LogP contribution >= 0.6 is 0 Å². The minimum Gasteiger partial charge on any atom is -0.406 e. The molecule has 1 aromatic rings. The largest absolute Gasteiger partial charge is 0.573 e. The van der Waals surface area contributed by atoms with Gasteiger partial charge in [0.1, 0.15) is 5.75 Å². The van der Waals surface area contributed by atoms with Gasteiger partial charge in [-0.3, -0.25) is 0 Å². The summed E-state index contributed by atoms with van der Waals surface area (Å²) in [7, 11) is 1.65. The number of rotatable bonds is 3. The Morgan fingerprint density at radius 1 is 1.14 bits per heavy atom. The lowest BCUT2D eigenvalue weighted by Crippen LogP contribution is -2.17. The molecular weight excluding hydrogens is 197 g/mol. The average molecular weight is 206 g/mol. The van der Waals surface area contributed by atoms with Gasteiger partial charge < -0.3 is 10.2 Å². The number of ether oxygens (including phenoxy) is 1.